The van der Waals surface area contributed by atoms with Crippen molar-refractivity contribution in [1.29, 1.82) is 0 Å². The van der Waals surface area contributed by atoms with Crippen LogP contribution in [0.3, 0.4) is 0 Å². The van der Waals surface area contributed by atoms with Gasteiger partial charge in [-0.05, 0) is 31.5 Å². The van der Waals surface area contributed by atoms with Gasteiger partial charge in [-0.15, -0.1) is 12.4 Å². The van der Waals surface area contributed by atoms with Gasteiger partial charge in [0.15, 0.2) is 0 Å². The molecule has 1 aliphatic heterocycles. The van der Waals surface area contributed by atoms with Crippen molar-refractivity contribution in [2.75, 3.05) is 13.1 Å². The summed E-state index contributed by atoms with van der Waals surface area (Å²) in [6, 6.07) is 6.42. The zero-order chi connectivity index (χ0) is 12.3. The van der Waals surface area contributed by atoms with Gasteiger partial charge in [-0.1, -0.05) is 23.7 Å². The molecule has 1 aromatic carbocycles. The van der Waals surface area contributed by atoms with Gasteiger partial charge in [0.1, 0.15) is 4.90 Å². The minimum atomic E-state index is -3.51. The molecule has 18 heavy (non-hydrogen) atoms. The number of halogens is 2. The second kappa shape index (κ2) is 6.73. The molecule has 0 radical (unpaired) electrons. The van der Waals surface area contributed by atoms with Crippen LogP contribution in [-0.4, -0.2) is 27.5 Å². The van der Waals surface area contributed by atoms with Gasteiger partial charge < -0.3 is 5.32 Å². The molecule has 1 saturated heterocycles. The maximum Gasteiger partial charge on any atom is 0.242 e. The molecular weight excluding hydrogens is 295 g/mol. The van der Waals surface area contributed by atoms with Gasteiger partial charge in [0.2, 0.25) is 10.0 Å². The highest BCUT2D eigenvalue weighted by Gasteiger charge is 2.23. The van der Waals surface area contributed by atoms with Crippen LogP contribution in [0, 0.1) is 0 Å². The van der Waals surface area contributed by atoms with Gasteiger partial charge in [0, 0.05) is 12.6 Å². The van der Waals surface area contributed by atoms with Gasteiger partial charge in [-0.3, -0.25) is 0 Å². The summed E-state index contributed by atoms with van der Waals surface area (Å²) in [5.41, 5.74) is 0. The molecule has 1 aromatic rings. The van der Waals surface area contributed by atoms with E-state index in [1.807, 2.05) is 0 Å². The van der Waals surface area contributed by atoms with Crippen molar-refractivity contribution >= 4 is 34.0 Å². The molecule has 0 unspecified atom stereocenters. The number of rotatable bonds is 3. The predicted octanol–water partition coefficient (Wildman–Crippen LogP) is 1.79. The summed E-state index contributed by atoms with van der Waals surface area (Å²) in [5.74, 6) is 0. The first-order chi connectivity index (χ1) is 8.09. The van der Waals surface area contributed by atoms with E-state index < -0.39 is 10.0 Å². The highest BCUT2D eigenvalue weighted by atomic mass is 35.5. The highest BCUT2D eigenvalue weighted by molar-refractivity contribution is 7.89. The molecule has 102 valence electrons. The normalized spacial score (nSPS) is 20.2. The van der Waals surface area contributed by atoms with Crippen LogP contribution in [0.5, 0.6) is 0 Å². The molecule has 1 fully saturated rings. The Morgan fingerprint density at radius 3 is 2.67 bits per heavy atom. The quantitative estimate of drug-likeness (QED) is 0.895. The fraction of sp³-hybridized carbons (Fsp3) is 0.455. The highest BCUT2D eigenvalue weighted by Crippen LogP contribution is 2.20. The van der Waals surface area contributed by atoms with E-state index in [1.165, 1.54) is 6.07 Å². The van der Waals surface area contributed by atoms with Crippen molar-refractivity contribution in [2.24, 2.45) is 0 Å². The molecule has 0 amide bonds. The average Bonchev–Trinajstić information content (AvgIpc) is 2.30. The third-order valence-electron chi connectivity index (χ3n) is 2.74. The number of piperidine rings is 1. The lowest BCUT2D eigenvalue weighted by atomic mass is 10.1. The fourth-order valence-corrected chi connectivity index (χ4v) is 3.69. The van der Waals surface area contributed by atoms with Crippen LogP contribution in [0.25, 0.3) is 0 Å². The van der Waals surface area contributed by atoms with Crippen LogP contribution in [0.15, 0.2) is 29.2 Å². The van der Waals surface area contributed by atoms with Crippen molar-refractivity contribution < 1.29 is 8.42 Å². The van der Waals surface area contributed by atoms with E-state index >= 15 is 0 Å². The lowest BCUT2D eigenvalue weighted by molar-refractivity contribution is 0.428. The number of hydrogen-bond acceptors (Lipinski definition) is 3. The molecule has 2 N–H and O–H groups in total. The van der Waals surface area contributed by atoms with Crippen LogP contribution in [0.1, 0.15) is 12.8 Å². The number of benzene rings is 1. The Bertz CT molecular complexity index is 488. The minimum absolute atomic E-state index is 0. The zero-order valence-electron chi connectivity index (χ0n) is 9.73. The van der Waals surface area contributed by atoms with Gasteiger partial charge in [-0.2, -0.15) is 0 Å². The third kappa shape index (κ3) is 3.83. The van der Waals surface area contributed by atoms with Crippen molar-refractivity contribution in [3.05, 3.63) is 29.3 Å². The summed E-state index contributed by atoms with van der Waals surface area (Å²) in [6.45, 7) is 1.62. The van der Waals surface area contributed by atoms with E-state index in [0.717, 1.165) is 19.4 Å². The van der Waals surface area contributed by atoms with E-state index in [0.29, 0.717) is 6.54 Å². The van der Waals surface area contributed by atoms with Crippen LogP contribution < -0.4 is 10.0 Å². The molecule has 0 saturated carbocycles. The molecule has 1 atom stereocenters. The monoisotopic (exact) mass is 310 g/mol. The van der Waals surface area contributed by atoms with Crippen LogP contribution in [0.4, 0.5) is 0 Å². The Balaban J connectivity index is 0.00000162. The van der Waals surface area contributed by atoms with Gasteiger partial charge in [-0.25, -0.2) is 13.1 Å². The first-order valence-corrected chi connectivity index (χ1v) is 7.43. The first-order valence-electron chi connectivity index (χ1n) is 5.57. The Morgan fingerprint density at radius 1 is 1.33 bits per heavy atom. The molecule has 4 nitrogen and oxygen atoms in total. The Labute approximate surface area is 119 Å². The molecular formula is C11H16Cl2N2O2S. The van der Waals surface area contributed by atoms with Gasteiger partial charge in [0.05, 0.1) is 5.02 Å². The largest absolute Gasteiger partial charge is 0.315 e. The second-order valence-corrected chi connectivity index (χ2v) is 6.18. The Hall–Kier alpha value is -0.330. The van der Waals surface area contributed by atoms with E-state index in [-0.39, 0.29) is 28.4 Å². The van der Waals surface area contributed by atoms with E-state index in [2.05, 4.69) is 10.0 Å². The van der Waals surface area contributed by atoms with E-state index in [4.69, 9.17) is 11.6 Å². The van der Waals surface area contributed by atoms with Crippen LogP contribution in [0.2, 0.25) is 5.02 Å². The lowest BCUT2D eigenvalue weighted by Gasteiger charge is -2.23. The summed E-state index contributed by atoms with van der Waals surface area (Å²) in [7, 11) is -3.51. The predicted molar refractivity (Wildman–Crippen MR) is 74.9 cm³/mol. The van der Waals surface area contributed by atoms with E-state index in [9.17, 15) is 8.42 Å². The zero-order valence-corrected chi connectivity index (χ0v) is 12.1. The van der Waals surface area contributed by atoms with Crippen molar-refractivity contribution in [2.45, 2.75) is 23.8 Å². The van der Waals surface area contributed by atoms with Crippen molar-refractivity contribution in [3.8, 4) is 0 Å². The maximum absolute atomic E-state index is 12.1. The van der Waals surface area contributed by atoms with Gasteiger partial charge >= 0.3 is 0 Å². The molecule has 0 aromatic heterocycles. The fourth-order valence-electron chi connectivity index (χ4n) is 1.90. The van der Waals surface area contributed by atoms with Crippen molar-refractivity contribution in [3.63, 3.8) is 0 Å². The number of hydrogen-bond donors (Lipinski definition) is 2. The van der Waals surface area contributed by atoms with Crippen LogP contribution >= 0.6 is 24.0 Å². The Morgan fingerprint density at radius 2 is 2.06 bits per heavy atom. The SMILES string of the molecule is Cl.O=S(=O)(N[C@@H]1CCCNC1)c1ccccc1Cl. The molecule has 7 heteroatoms. The summed E-state index contributed by atoms with van der Waals surface area (Å²) in [6.07, 6.45) is 1.84. The standard InChI is InChI=1S/C11H15ClN2O2S.ClH/c12-10-5-1-2-6-11(10)17(15,16)14-9-4-3-7-13-8-9;/h1-2,5-6,9,13-14H,3-4,7-8H2;1H/t9-;/m1./s1. The molecule has 0 aliphatic carbocycles. The van der Waals surface area contributed by atoms with Crippen LogP contribution in [-0.2, 0) is 10.0 Å². The first kappa shape index (κ1) is 15.7. The smallest absolute Gasteiger partial charge is 0.242 e. The summed E-state index contributed by atoms with van der Waals surface area (Å²) >= 11 is 5.89. The molecule has 2 rings (SSSR count). The number of nitrogens with one attached hydrogen (secondary N) is 2. The molecule has 0 spiro atoms. The summed E-state index contributed by atoms with van der Waals surface area (Å²) in [5, 5.41) is 3.42. The van der Waals surface area contributed by atoms with Crippen molar-refractivity contribution in [1.82, 2.24) is 10.0 Å². The third-order valence-corrected chi connectivity index (χ3v) is 4.77. The molecule has 1 heterocycles. The average molecular weight is 311 g/mol. The Kier molecular flexibility index (Phi) is 5.88. The molecule has 1 aliphatic rings. The van der Waals surface area contributed by atoms with E-state index in [1.54, 1.807) is 18.2 Å². The molecule has 0 bridgehead atoms. The maximum atomic E-state index is 12.1. The van der Waals surface area contributed by atoms with Gasteiger partial charge in [0.25, 0.3) is 0 Å². The number of sulfonamides is 1. The topological polar surface area (TPSA) is 58.2 Å². The summed E-state index contributed by atoms with van der Waals surface area (Å²) < 4.78 is 26.9. The summed E-state index contributed by atoms with van der Waals surface area (Å²) in [4.78, 5) is 0.146. The lowest BCUT2D eigenvalue weighted by Crippen LogP contribution is -2.45. The second-order valence-electron chi connectivity index (χ2n) is 4.09. The minimum Gasteiger partial charge on any atom is -0.315 e.